The van der Waals surface area contributed by atoms with Crippen molar-refractivity contribution >= 4 is 18.1 Å². The third-order valence-corrected chi connectivity index (χ3v) is 1.62. The summed E-state index contributed by atoms with van der Waals surface area (Å²) in [6.07, 6.45) is 2.03. The molecule has 0 aromatic heterocycles. The Labute approximate surface area is 77.2 Å². The average Bonchev–Trinajstić information content (AvgIpc) is 2.14. The highest BCUT2D eigenvalue weighted by Crippen LogP contribution is 1.99. The SMILES string of the molecule is C=CCC(=O)N(C)C(=O)C(C)C=O. The monoisotopic (exact) mass is 183 g/mol. The molecule has 13 heavy (non-hydrogen) atoms. The predicted octanol–water partition coefficient (Wildman–Crippen LogP) is 0.383. The minimum Gasteiger partial charge on any atom is -0.303 e. The Morgan fingerprint density at radius 3 is 2.46 bits per heavy atom. The molecule has 0 aliphatic rings. The van der Waals surface area contributed by atoms with E-state index in [2.05, 4.69) is 6.58 Å². The van der Waals surface area contributed by atoms with Gasteiger partial charge in [0.25, 0.3) is 0 Å². The second kappa shape index (κ2) is 5.24. The molecule has 0 N–H and O–H groups in total. The number of carbonyl (C=O) groups excluding carboxylic acids is 3. The lowest BCUT2D eigenvalue weighted by molar-refractivity contribution is -0.145. The van der Waals surface area contributed by atoms with Crippen LogP contribution >= 0.6 is 0 Å². The normalized spacial score (nSPS) is 11.5. The van der Waals surface area contributed by atoms with Crippen LogP contribution in [0.1, 0.15) is 13.3 Å². The lowest BCUT2D eigenvalue weighted by atomic mass is 10.2. The maximum atomic E-state index is 11.2. The number of hydrogen-bond donors (Lipinski definition) is 0. The Morgan fingerprint density at radius 2 is 2.08 bits per heavy atom. The van der Waals surface area contributed by atoms with Gasteiger partial charge in [0, 0.05) is 13.5 Å². The van der Waals surface area contributed by atoms with Crippen LogP contribution in [0.3, 0.4) is 0 Å². The minimum absolute atomic E-state index is 0.105. The molecule has 0 heterocycles. The highest BCUT2D eigenvalue weighted by Gasteiger charge is 2.20. The minimum atomic E-state index is -0.765. The van der Waals surface area contributed by atoms with E-state index in [1.165, 1.54) is 20.0 Å². The quantitative estimate of drug-likeness (QED) is 0.360. The zero-order chi connectivity index (χ0) is 10.4. The number of imide groups is 1. The number of hydrogen-bond acceptors (Lipinski definition) is 3. The average molecular weight is 183 g/mol. The van der Waals surface area contributed by atoms with Crippen molar-refractivity contribution in [2.45, 2.75) is 13.3 Å². The van der Waals surface area contributed by atoms with Crippen molar-refractivity contribution in [3.05, 3.63) is 12.7 Å². The van der Waals surface area contributed by atoms with E-state index in [1.54, 1.807) is 0 Å². The molecule has 0 saturated heterocycles. The molecule has 0 aliphatic carbocycles. The molecule has 0 fully saturated rings. The first-order valence-electron chi connectivity index (χ1n) is 3.91. The number of carbonyl (C=O) groups is 3. The van der Waals surface area contributed by atoms with Crippen LogP contribution in [0.25, 0.3) is 0 Å². The number of aldehydes is 1. The van der Waals surface area contributed by atoms with Crippen molar-refractivity contribution in [2.75, 3.05) is 7.05 Å². The van der Waals surface area contributed by atoms with Crippen LogP contribution in [0.4, 0.5) is 0 Å². The van der Waals surface area contributed by atoms with Crippen LogP contribution < -0.4 is 0 Å². The molecule has 1 unspecified atom stereocenters. The zero-order valence-electron chi connectivity index (χ0n) is 7.82. The first kappa shape index (κ1) is 11.6. The van der Waals surface area contributed by atoms with Gasteiger partial charge in [-0.05, 0) is 6.92 Å². The van der Waals surface area contributed by atoms with Crippen LogP contribution in [0.2, 0.25) is 0 Å². The van der Waals surface area contributed by atoms with E-state index in [1.807, 2.05) is 0 Å². The largest absolute Gasteiger partial charge is 0.303 e. The maximum Gasteiger partial charge on any atom is 0.238 e. The predicted molar refractivity (Wildman–Crippen MR) is 47.8 cm³/mol. The van der Waals surface area contributed by atoms with Gasteiger partial charge in [-0.2, -0.15) is 0 Å². The van der Waals surface area contributed by atoms with E-state index in [0.717, 1.165) is 4.90 Å². The van der Waals surface area contributed by atoms with Crippen LogP contribution in [-0.4, -0.2) is 30.0 Å². The summed E-state index contributed by atoms with van der Waals surface area (Å²) >= 11 is 0. The molecule has 0 spiro atoms. The molecule has 4 nitrogen and oxygen atoms in total. The molecule has 0 aliphatic heterocycles. The van der Waals surface area contributed by atoms with Gasteiger partial charge in [-0.15, -0.1) is 6.58 Å². The summed E-state index contributed by atoms with van der Waals surface area (Å²) in [6.45, 7) is 4.83. The van der Waals surface area contributed by atoms with Gasteiger partial charge in [-0.1, -0.05) is 6.08 Å². The van der Waals surface area contributed by atoms with E-state index >= 15 is 0 Å². The second-order valence-corrected chi connectivity index (χ2v) is 2.71. The van der Waals surface area contributed by atoms with Crippen LogP contribution in [-0.2, 0) is 14.4 Å². The highest BCUT2D eigenvalue weighted by atomic mass is 16.2. The molecular formula is C9H13NO3. The molecule has 2 amide bonds. The van der Waals surface area contributed by atoms with Crippen LogP contribution in [0.15, 0.2) is 12.7 Å². The number of nitrogens with zero attached hydrogens (tertiary/aromatic N) is 1. The van der Waals surface area contributed by atoms with Gasteiger partial charge in [0.15, 0.2) is 0 Å². The lowest BCUT2D eigenvalue weighted by Crippen LogP contribution is -2.36. The third kappa shape index (κ3) is 3.19. The van der Waals surface area contributed by atoms with E-state index in [9.17, 15) is 14.4 Å². The van der Waals surface area contributed by atoms with Crippen molar-refractivity contribution in [3.8, 4) is 0 Å². The Balaban J connectivity index is 4.32. The zero-order valence-corrected chi connectivity index (χ0v) is 7.82. The Hall–Kier alpha value is -1.45. The van der Waals surface area contributed by atoms with Crippen LogP contribution in [0.5, 0.6) is 0 Å². The van der Waals surface area contributed by atoms with Gasteiger partial charge in [0.1, 0.15) is 6.29 Å². The standard InChI is InChI=1S/C9H13NO3/c1-4-5-8(12)10(3)9(13)7(2)6-11/h4,6-7H,1,5H2,2-3H3. The van der Waals surface area contributed by atoms with Crippen LogP contribution in [0, 0.1) is 5.92 Å². The van der Waals surface area contributed by atoms with Crippen molar-refractivity contribution in [1.82, 2.24) is 4.90 Å². The van der Waals surface area contributed by atoms with E-state index in [-0.39, 0.29) is 12.3 Å². The molecule has 0 aromatic carbocycles. The maximum absolute atomic E-state index is 11.2. The molecule has 0 bridgehead atoms. The first-order valence-corrected chi connectivity index (χ1v) is 3.91. The van der Waals surface area contributed by atoms with Crippen molar-refractivity contribution in [1.29, 1.82) is 0 Å². The smallest absolute Gasteiger partial charge is 0.238 e. The molecule has 1 atom stereocenters. The second-order valence-electron chi connectivity index (χ2n) is 2.71. The highest BCUT2D eigenvalue weighted by molar-refractivity contribution is 6.01. The van der Waals surface area contributed by atoms with Gasteiger partial charge in [-0.3, -0.25) is 14.5 Å². The third-order valence-electron chi connectivity index (χ3n) is 1.62. The Bertz CT molecular complexity index is 235. The van der Waals surface area contributed by atoms with Crippen molar-refractivity contribution < 1.29 is 14.4 Å². The van der Waals surface area contributed by atoms with Gasteiger partial charge in [-0.25, -0.2) is 0 Å². The summed E-state index contributed by atoms with van der Waals surface area (Å²) in [5, 5.41) is 0. The molecule has 4 heteroatoms. The van der Waals surface area contributed by atoms with E-state index in [0.29, 0.717) is 6.29 Å². The van der Waals surface area contributed by atoms with E-state index in [4.69, 9.17) is 0 Å². The van der Waals surface area contributed by atoms with Crippen molar-refractivity contribution in [3.63, 3.8) is 0 Å². The molecular weight excluding hydrogens is 170 g/mol. The van der Waals surface area contributed by atoms with Gasteiger partial charge in [0.2, 0.25) is 11.8 Å². The van der Waals surface area contributed by atoms with Crippen molar-refractivity contribution in [2.24, 2.45) is 5.92 Å². The lowest BCUT2D eigenvalue weighted by Gasteiger charge is -2.15. The summed E-state index contributed by atoms with van der Waals surface area (Å²) in [5.41, 5.74) is 0. The first-order chi connectivity index (χ1) is 6.04. The Morgan fingerprint density at radius 1 is 1.54 bits per heavy atom. The molecule has 0 saturated carbocycles. The summed E-state index contributed by atoms with van der Waals surface area (Å²) in [5.74, 6) is -1.60. The Kier molecular flexibility index (Phi) is 4.66. The molecule has 0 radical (unpaired) electrons. The fourth-order valence-electron chi connectivity index (χ4n) is 0.747. The van der Waals surface area contributed by atoms with Gasteiger partial charge in [0.05, 0.1) is 5.92 Å². The van der Waals surface area contributed by atoms with E-state index < -0.39 is 11.8 Å². The summed E-state index contributed by atoms with van der Waals surface area (Å²) in [6, 6.07) is 0. The fraction of sp³-hybridized carbons (Fsp3) is 0.444. The van der Waals surface area contributed by atoms with Gasteiger partial charge < -0.3 is 4.79 Å². The molecule has 0 rings (SSSR count). The summed E-state index contributed by atoms with van der Waals surface area (Å²) in [4.78, 5) is 33.6. The summed E-state index contributed by atoms with van der Waals surface area (Å²) < 4.78 is 0. The number of amides is 2. The topological polar surface area (TPSA) is 54.5 Å². The number of rotatable bonds is 4. The summed E-state index contributed by atoms with van der Waals surface area (Å²) in [7, 11) is 1.36. The fourth-order valence-corrected chi connectivity index (χ4v) is 0.747. The van der Waals surface area contributed by atoms with Gasteiger partial charge >= 0.3 is 0 Å². The molecule has 72 valence electrons. The molecule has 0 aromatic rings.